The first kappa shape index (κ1) is 19.9. The third-order valence-electron chi connectivity index (χ3n) is 6.34. The van der Waals surface area contributed by atoms with E-state index >= 15 is 0 Å². The zero-order valence-electron chi connectivity index (χ0n) is 18.0. The zero-order chi connectivity index (χ0) is 22.7. The summed E-state index contributed by atoms with van der Waals surface area (Å²) in [5.74, 6) is 0.00631. The predicted octanol–water partition coefficient (Wildman–Crippen LogP) is 2.67. The number of hydrogen-bond donors (Lipinski definition) is 1. The van der Waals surface area contributed by atoms with Gasteiger partial charge < -0.3 is 4.74 Å². The Kier molecular flexibility index (Phi) is 4.28. The molecule has 2 aliphatic heterocycles. The highest BCUT2D eigenvalue weighted by molar-refractivity contribution is 7.07. The van der Waals surface area contributed by atoms with Crippen LogP contribution in [0.15, 0.2) is 70.6 Å². The second-order valence-electron chi connectivity index (χ2n) is 8.47. The van der Waals surface area contributed by atoms with Gasteiger partial charge in [0.15, 0.2) is 4.80 Å². The second kappa shape index (κ2) is 7.11. The highest BCUT2D eigenvalue weighted by atomic mass is 32.1. The number of nitrogens with zero attached hydrogens (tertiary/aromatic N) is 3. The summed E-state index contributed by atoms with van der Waals surface area (Å²) in [6, 6.07) is 16.9. The van der Waals surface area contributed by atoms with Crippen LogP contribution in [0.3, 0.4) is 0 Å². The van der Waals surface area contributed by atoms with Crippen LogP contribution in [0.25, 0.3) is 17.3 Å². The molecule has 2 aliphatic rings. The van der Waals surface area contributed by atoms with Crippen LogP contribution < -0.4 is 19.6 Å². The summed E-state index contributed by atoms with van der Waals surface area (Å²) in [5.41, 5.74) is 2.22. The molecule has 3 atom stereocenters. The predicted molar refractivity (Wildman–Crippen MR) is 125 cm³/mol. The molecule has 33 heavy (non-hydrogen) atoms. The minimum atomic E-state index is -1.07. The number of rotatable bonds is 3. The molecule has 0 radical (unpaired) electrons. The number of nitrogens with one attached hydrogen (secondary N) is 1. The van der Waals surface area contributed by atoms with E-state index in [1.807, 2.05) is 67.6 Å². The summed E-state index contributed by atoms with van der Waals surface area (Å²) in [6.45, 7) is 3.36. The summed E-state index contributed by atoms with van der Waals surface area (Å²) in [4.78, 5) is 31.7. The first-order chi connectivity index (χ1) is 16.0. The first-order valence-electron chi connectivity index (χ1n) is 10.7. The molecule has 0 unspecified atom stereocenters. The van der Waals surface area contributed by atoms with Crippen molar-refractivity contribution in [1.29, 1.82) is 0 Å². The van der Waals surface area contributed by atoms with E-state index < -0.39 is 17.7 Å². The van der Waals surface area contributed by atoms with Crippen LogP contribution >= 0.6 is 11.3 Å². The maximum Gasteiger partial charge on any atom is 0.270 e. The summed E-state index contributed by atoms with van der Waals surface area (Å²) in [6.07, 6.45) is 3.54. The van der Waals surface area contributed by atoms with Crippen LogP contribution in [0.5, 0.6) is 5.75 Å². The molecule has 0 fully saturated rings. The van der Waals surface area contributed by atoms with Crippen LogP contribution in [0.4, 0.5) is 0 Å². The topological polar surface area (TPSA) is 89.3 Å². The Labute approximate surface area is 192 Å². The van der Waals surface area contributed by atoms with Crippen molar-refractivity contribution in [2.24, 2.45) is 10.9 Å². The van der Waals surface area contributed by atoms with Gasteiger partial charge in [-0.05, 0) is 26.0 Å². The lowest BCUT2D eigenvalue weighted by molar-refractivity contribution is -0.132. The number of ether oxygens (including phenoxy) is 1. The largest absolute Gasteiger partial charge is 0.465 e. The van der Waals surface area contributed by atoms with Crippen molar-refractivity contribution >= 4 is 23.2 Å². The minimum absolute atomic E-state index is 0.0590. The molecule has 0 saturated heterocycles. The number of para-hydroxylation sites is 1. The van der Waals surface area contributed by atoms with Crippen LogP contribution in [0.1, 0.15) is 31.0 Å². The van der Waals surface area contributed by atoms with Crippen LogP contribution in [-0.2, 0) is 4.79 Å². The molecule has 0 aliphatic carbocycles. The van der Waals surface area contributed by atoms with Crippen LogP contribution in [0, 0.1) is 5.92 Å². The van der Waals surface area contributed by atoms with Crippen LogP contribution in [0.2, 0.25) is 0 Å². The van der Waals surface area contributed by atoms with Crippen molar-refractivity contribution in [1.82, 2.24) is 14.8 Å². The second-order valence-corrected chi connectivity index (χ2v) is 9.48. The van der Waals surface area contributed by atoms with Gasteiger partial charge in [-0.1, -0.05) is 59.9 Å². The highest BCUT2D eigenvalue weighted by Crippen LogP contribution is 2.47. The van der Waals surface area contributed by atoms with Crippen molar-refractivity contribution in [3.63, 3.8) is 0 Å². The molecule has 2 aromatic heterocycles. The van der Waals surface area contributed by atoms with E-state index in [4.69, 9.17) is 9.73 Å². The van der Waals surface area contributed by atoms with Gasteiger partial charge in [-0.3, -0.25) is 19.3 Å². The Morgan fingerprint density at radius 3 is 2.73 bits per heavy atom. The smallest absolute Gasteiger partial charge is 0.270 e. The lowest BCUT2D eigenvalue weighted by atomic mass is 9.79. The maximum absolute atomic E-state index is 13.7. The molecule has 4 heterocycles. The molecule has 0 spiro atoms. The van der Waals surface area contributed by atoms with E-state index in [9.17, 15) is 9.59 Å². The molecule has 7 nitrogen and oxygen atoms in total. The van der Waals surface area contributed by atoms with Gasteiger partial charge in [0.05, 0.1) is 22.5 Å². The summed E-state index contributed by atoms with van der Waals surface area (Å²) >= 11 is 1.30. The number of H-pyrrole nitrogens is 1. The molecule has 6 rings (SSSR count). The van der Waals surface area contributed by atoms with Gasteiger partial charge in [0.2, 0.25) is 5.72 Å². The number of carbonyl (C=O) groups is 1. The Bertz CT molecular complexity index is 1580. The molecule has 0 saturated carbocycles. The Morgan fingerprint density at radius 1 is 1.18 bits per heavy atom. The minimum Gasteiger partial charge on any atom is -0.465 e. The number of fused-ring (bicyclic) bond motifs is 6. The third-order valence-corrected chi connectivity index (χ3v) is 7.32. The summed E-state index contributed by atoms with van der Waals surface area (Å²) in [7, 11) is 0. The average Bonchev–Trinajstić information content (AvgIpc) is 3.37. The molecule has 1 N–H and O–H groups in total. The van der Waals surface area contributed by atoms with E-state index in [0.29, 0.717) is 15.1 Å². The average molecular weight is 457 g/mol. The summed E-state index contributed by atoms with van der Waals surface area (Å²) < 4.78 is 8.42. The number of thiazole rings is 1. The molecule has 164 valence electrons. The SMILES string of the molecule is CC(=O)[C@H]1[C@H]2c3ccccc3O[C@@]1(C)N=c1s/c(=C/c3cn[nH]c3-c3ccccc3)c(=O)n12. The van der Waals surface area contributed by atoms with E-state index in [1.54, 1.807) is 10.8 Å². The number of hydrogen-bond acceptors (Lipinski definition) is 6. The van der Waals surface area contributed by atoms with Gasteiger partial charge in [-0.25, -0.2) is 4.99 Å². The molecule has 2 bridgehead atoms. The molecule has 4 aromatic rings. The van der Waals surface area contributed by atoms with Gasteiger partial charge in [-0.15, -0.1) is 0 Å². The van der Waals surface area contributed by atoms with Crippen LogP contribution in [-0.4, -0.2) is 26.3 Å². The van der Waals surface area contributed by atoms with Crippen molar-refractivity contribution in [3.8, 4) is 17.0 Å². The lowest BCUT2D eigenvalue weighted by Gasteiger charge is -2.45. The fourth-order valence-electron chi connectivity index (χ4n) is 4.94. The Balaban J connectivity index is 1.59. The van der Waals surface area contributed by atoms with Gasteiger partial charge in [0.25, 0.3) is 5.56 Å². The molecule has 0 amide bonds. The number of aromatic nitrogens is 3. The maximum atomic E-state index is 13.7. The van der Waals surface area contributed by atoms with E-state index in [1.165, 1.54) is 18.3 Å². The number of benzene rings is 2. The van der Waals surface area contributed by atoms with Crippen molar-refractivity contribution in [3.05, 3.63) is 91.6 Å². The van der Waals surface area contributed by atoms with Gasteiger partial charge in [-0.2, -0.15) is 5.10 Å². The summed E-state index contributed by atoms with van der Waals surface area (Å²) in [5, 5.41) is 7.21. The van der Waals surface area contributed by atoms with E-state index in [0.717, 1.165) is 22.4 Å². The van der Waals surface area contributed by atoms with Crippen molar-refractivity contribution < 1.29 is 9.53 Å². The first-order valence-corrected chi connectivity index (χ1v) is 11.5. The van der Waals surface area contributed by atoms with Crippen molar-refractivity contribution in [2.45, 2.75) is 25.6 Å². The van der Waals surface area contributed by atoms with E-state index in [-0.39, 0.29) is 11.3 Å². The fourth-order valence-corrected chi connectivity index (χ4v) is 6.03. The fraction of sp³-hybridized carbons (Fsp3) is 0.200. The molecule has 8 heteroatoms. The molecular weight excluding hydrogens is 436 g/mol. The van der Waals surface area contributed by atoms with E-state index in [2.05, 4.69) is 10.2 Å². The standard InChI is InChI=1S/C25H20N4O3S/c1-14(30)20-22-17-10-6-7-11-18(17)32-25(20,2)27-24-29(22)23(31)19(33-24)12-16-13-26-28-21(16)15-8-4-3-5-9-15/h3-13,20,22H,1-2H3,(H,26,28)/b19-12+/t20-,22+,25+/m0/s1. The highest BCUT2D eigenvalue weighted by Gasteiger charge is 2.53. The van der Waals surface area contributed by atoms with Crippen molar-refractivity contribution in [2.75, 3.05) is 0 Å². The molecule has 2 aromatic carbocycles. The number of aromatic amines is 1. The quantitative estimate of drug-likeness (QED) is 0.513. The lowest BCUT2D eigenvalue weighted by Crippen LogP contribution is -2.58. The number of Topliss-reactive ketones (excluding diaryl/α,β-unsaturated/α-hetero) is 1. The Hall–Kier alpha value is -3.78. The zero-order valence-corrected chi connectivity index (χ0v) is 18.8. The Morgan fingerprint density at radius 2 is 1.94 bits per heavy atom. The van der Waals surface area contributed by atoms with Gasteiger partial charge in [0, 0.05) is 16.7 Å². The monoisotopic (exact) mass is 456 g/mol. The number of ketones is 1. The number of carbonyl (C=O) groups excluding carboxylic acids is 1. The van der Waals surface area contributed by atoms with Gasteiger partial charge >= 0.3 is 0 Å². The molecular formula is C25H20N4O3S. The third kappa shape index (κ3) is 2.94. The normalized spacial score (nSPS) is 23.3. The van der Waals surface area contributed by atoms with Gasteiger partial charge in [0.1, 0.15) is 17.5 Å².